The van der Waals surface area contributed by atoms with Crippen LogP contribution in [0.2, 0.25) is 0 Å². The van der Waals surface area contributed by atoms with Crippen LogP contribution in [0.4, 0.5) is 0 Å². The van der Waals surface area contributed by atoms with E-state index in [2.05, 4.69) is 6.07 Å². The fourth-order valence-electron chi connectivity index (χ4n) is 4.20. The lowest BCUT2D eigenvalue weighted by molar-refractivity contribution is -0.147. The van der Waals surface area contributed by atoms with Gasteiger partial charge in [0, 0.05) is 23.4 Å². The summed E-state index contributed by atoms with van der Waals surface area (Å²) in [5.74, 6) is -0.0217. The molecular formula is C18H21NO5. The molecule has 6 nitrogen and oxygen atoms in total. The zero-order chi connectivity index (χ0) is 16.7. The second kappa shape index (κ2) is 5.77. The number of carbonyl (C=O) groups excluding carboxylic acids is 1. The Morgan fingerprint density at radius 3 is 2.96 bits per heavy atom. The van der Waals surface area contributed by atoms with Crippen molar-refractivity contribution in [1.82, 2.24) is 4.90 Å². The highest BCUT2D eigenvalue weighted by atomic mass is 16.5. The maximum absolute atomic E-state index is 13.1. The molecule has 1 spiro atoms. The van der Waals surface area contributed by atoms with Crippen LogP contribution in [0.1, 0.15) is 24.8 Å². The summed E-state index contributed by atoms with van der Waals surface area (Å²) in [5.41, 5.74) is 0.996. The molecule has 3 atom stereocenters. The zero-order valence-electron chi connectivity index (χ0n) is 13.4. The molecule has 1 aliphatic carbocycles. The Hall–Kier alpha value is -2.08. The number of carbonyl (C=O) groups is 2. The Labute approximate surface area is 140 Å². The van der Waals surface area contributed by atoms with Gasteiger partial charge in [-0.25, -0.2) is 0 Å². The predicted octanol–water partition coefficient (Wildman–Crippen LogP) is 1.43. The third kappa shape index (κ3) is 2.45. The molecule has 6 heteroatoms. The molecule has 1 amide bonds. The van der Waals surface area contributed by atoms with Gasteiger partial charge in [0.1, 0.15) is 5.75 Å². The van der Waals surface area contributed by atoms with E-state index in [-0.39, 0.29) is 29.7 Å². The Morgan fingerprint density at radius 1 is 1.29 bits per heavy atom. The van der Waals surface area contributed by atoms with E-state index < -0.39 is 5.97 Å². The van der Waals surface area contributed by atoms with Gasteiger partial charge in [0.25, 0.3) is 0 Å². The quantitative estimate of drug-likeness (QED) is 0.907. The topological polar surface area (TPSA) is 76.1 Å². The molecule has 2 aliphatic heterocycles. The van der Waals surface area contributed by atoms with Gasteiger partial charge in [-0.1, -0.05) is 18.2 Å². The molecule has 2 heterocycles. The molecule has 1 N–H and O–H groups in total. The van der Waals surface area contributed by atoms with Crippen LogP contribution < -0.4 is 4.74 Å². The number of para-hydroxylation sites is 1. The van der Waals surface area contributed by atoms with Gasteiger partial charge >= 0.3 is 5.97 Å². The van der Waals surface area contributed by atoms with Crippen molar-refractivity contribution < 1.29 is 24.2 Å². The number of ether oxygens (including phenoxy) is 2. The fourth-order valence-corrected chi connectivity index (χ4v) is 4.20. The molecule has 1 unspecified atom stereocenters. The SMILES string of the molecule is O=C(O)CC1COCCN1C(=O)[C@@H]1C[C@]12CCOc1ccccc12. The first-order chi connectivity index (χ1) is 11.6. The van der Waals surface area contributed by atoms with Crippen molar-refractivity contribution in [1.29, 1.82) is 0 Å². The van der Waals surface area contributed by atoms with Crippen LogP contribution in [0.15, 0.2) is 24.3 Å². The molecule has 0 bridgehead atoms. The first kappa shape index (κ1) is 15.4. The molecule has 128 valence electrons. The Balaban J connectivity index is 1.55. The summed E-state index contributed by atoms with van der Waals surface area (Å²) in [6.45, 7) is 1.88. The molecule has 0 radical (unpaired) electrons. The van der Waals surface area contributed by atoms with Gasteiger partial charge in [0.15, 0.2) is 0 Å². The maximum atomic E-state index is 13.1. The van der Waals surface area contributed by atoms with Gasteiger partial charge in [-0.15, -0.1) is 0 Å². The lowest BCUT2D eigenvalue weighted by atomic mass is 9.87. The van der Waals surface area contributed by atoms with Gasteiger partial charge in [-0.3, -0.25) is 9.59 Å². The lowest BCUT2D eigenvalue weighted by Gasteiger charge is -2.36. The molecular weight excluding hydrogens is 310 g/mol. The average molecular weight is 331 g/mol. The Kier molecular flexibility index (Phi) is 3.72. The van der Waals surface area contributed by atoms with Crippen molar-refractivity contribution in [2.75, 3.05) is 26.4 Å². The number of carboxylic acid groups (broad SMARTS) is 1. The fraction of sp³-hybridized carbons (Fsp3) is 0.556. The second-order valence-corrected chi connectivity index (χ2v) is 6.87. The van der Waals surface area contributed by atoms with E-state index in [0.717, 1.165) is 24.2 Å². The monoisotopic (exact) mass is 331 g/mol. The summed E-state index contributed by atoms with van der Waals surface area (Å²) < 4.78 is 11.1. The molecule has 24 heavy (non-hydrogen) atoms. The van der Waals surface area contributed by atoms with Crippen LogP contribution in [0.25, 0.3) is 0 Å². The highest BCUT2D eigenvalue weighted by molar-refractivity contribution is 5.86. The molecule has 1 aromatic rings. The van der Waals surface area contributed by atoms with Gasteiger partial charge in [-0.05, 0) is 18.9 Å². The maximum Gasteiger partial charge on any atom is 0.305 e. The summed E-state index contributed by atoms with van der Waals surface area (Å²) in [4.78, 5) is 25.9. The van der Waals surface area contributed by atoms with Crippen molar-refractivity contribution in [3.63, 3.8) is 0 Å². The number of hydrogen-bond donors (Lipinski definition) is 1. The van der Waals surface area contributed by atoms with Crippen LogP contribution in [-0.2, 0) is 19.7 Å². The third-order valence-corrected chi connectivity index (χ3v) is 5.52. The summed E-state index contributed by atoms with van der Waals surface area (Å²) in [5, 5.41) is 9.08. The average Bonchev–Trinajstić information content (AvgIpc) is 3.29. The largest absolute Gasteiger partial charge is 0.493 e. The van der Waals surface area contributed by atoms with E-state index in [1.807, 2.05) is 18.2 Å². The number of rotatable bonds is 3. The number of fused-ring (bicyclic) bond motifs is 2. The van der Waals surface area contributed by atoms with Crippen molar-refractivity contribution >= 4 is 11.9 Å². The lowest BCUT2D eigenvalue weighted by Crippen LogP contribution is -2.50. The number of benzene rings is 1. The molecule has 0 aromatic heterocycles. The van der Waals surface area contributed by atoms with Crippen molar-refractivity contribution in [2.45, 2.75) is 30.7 Å². The summed E-state index contributed by atoms with van der Waals surface area (Å²) >= 11 is 0. The minimum atomic E-state index is -0.898. The van der Waals surface area contributed by atoms with Crippen LogP contribution >= 0.6 is 0 Å². The van der Waals surface area contributed by atoms with Crippen LogP contribution in [0.3, 0.4) is 0 Å². The highest BCUT2D eigenvalue weighted by Crippen LogP contribution is 2.61. The van der Waals surface area contributed by atoms with Gasteiger partial charge in [-0.2, -0.15) is 0 Å². The summed E-state index contributed by atoms with van der Waals surface area (Å²) in [7, 11) is 0. The van der Waals surface area contributed by atoms with Crippen LogP contribution in [0, 0.1) is 5.92 Å². The van der Waals surface area contributed by atoms with Gasteiger partial charge in [0.05, 0.1) is 32.3 Å². The summed E-state index contributed by atoms with van der Waals surface area (Å²) in [6, 6.07) is 7.57. The van der Waals surface area contributed by atoms with E-state index in [1.54, 1.807) is 4.90 Å². The number of amides is 1. The first-order valence-electron chi connectivity index (χ1n) is 8.44. The van der Waals surface area contributed by atoms with Crippen molar-refractivity contribution in [3.05, 3.63) is 29.8 Å². The first-order valence-corrected chi connectivity index (χ1v) is 8.44. The Morgan fingerprint density at radius 2 is 2.12 bits per heavy atom. The third-order valence-electron chi connectivity index (χ3n) is 5.52. The zero-order valence-corrected chi connectivity index (χ0v) is 13.4. The van der Waals surface area contributed by atoms with Crippen molar-refractivity contribution in [3.8, 4) is 5.75 Å². The number of hydrogen-bond acceptors (Lipinski definition) is 4. The number of aliphatic carboxylic acids is 1. The highest BCUT2D eigenvalue weighted by Gasteiger charge is 2.62. The molecule has 3 aliphatic rings. The van der Waals surface area contributed by atoms with E-state index in [9.17, 15) is 9.59 Å². The van der Waals surface area contributed by atoms with E-state index in [1.165, 1.54) is 0 Å². The normalized spacial score (nSPS) is 31.2. The van der Waals surface area contributed by atoms with Crippen molar-refractivity contribution in [2.24, 2.45) is 5.92 Å². The summed E-state index contributed by atoms with van der Waals surface area (Å²) in [6.07, 6.45) is 1.60. The Bertz CT molecular complexity index is 675. The molecule has 2 fully saturated rings. The number of nitrogens with zero attached hydrogens (tertiary/aromatic N) is 1. The molecule has 4 rings (SSSR count). The smallest absolute Gasteiger partial charge is 0.305 e. The van der Waals surface area contributed by atoms with E-state index >= 15 is 0 Å². The minimum Gasteiger partial charge on any atom is -0.493 e. The van der Waals surface area contributed by atoms with Gasteiger partial charge < -0.3 is 19.5 Å². The van der Waals surface area contributed by atoms with E-state index in [0.29, 0.717) is 26.4 Å². The standard InChI is InChI=1S/C18H21NO5/c20-16(21)9-12-11-23-8-6-19(12)17(22)14-10-18(14)5-7-24-15-4-2-1-3-13(15)18/h1-4,12,14H,5-11H2,(H,20,21)/t12?,14-,18-/m0/s1. The number of carboxylic acids is 1. The van der Waals surface area contributed by atoms with E-state index in [4.69, 9.17) is 14.6 Å². The van der Waals surface area contributed by atoms with Crippen LogP contribution in [0.5, 0.6) is 5.75 Å². The number of morpholine rings is 1. The predicted molar refractivity (Wildman–Crippen MR) is 84.9 cm³/mol. The minimum absolute atomic E-state index is 0.0643. The molecule has 1 saturated carbocycles. The van der Waals surface area contributed by atoms with Gasteiger partial charge in [0.2, 0.25) is 5.91 Å². The molecule has 1 aromatic carbocycles. The second-order valence-electron chi connectivity index (χ2n) is 6.87. The van der Waals surface area contributed by atoms with Crippen LogP contribution in [-0.4, -0.2) is 54.3 Å². The molecule has 1 saturated heterocycles.